The second-order valence-corrected chi connectivity index (χ2v) is 2.83. The molecule has 0 saturated heterocycles. The fourth-order valence-corrected chi connectivity index (χ4v) is 0.919. The molecule has 0 radical (unpaired) electrons. The summed E-state index contributed by atoms with van der Waals surface area (Å²) in [4.78, 5) is 29.4. The maximum absolute atomic E-state index is 11.3. The molecule has 3 amide bonds. The van der Waals surface area contributed by atoms with Gasteiger partial charge in [-0.2, -0.15) is 4.98 Å². The second kappa shape index (κ2) is 5.49. The van der Waals surface area contributed by atoms with E-state index in [-0.39, 0.29) is 24.1 Å². The molecule has 0 aromatic carbocycles. The number of hydrogen-bond donors (Lipinski definition) is 4. The molecule has 0 aliphatic carbocycles. The van der Waals surface area contributed by atoms with Crippen molar-refractivity contribution in [2.75, 3.05) is 23.4 Å². The number of rotatable bonds is 2. The molecular formula is C8H12N6O3. The van der Waals surface area contributed by atoms with E-state index >= 15 is 0 Å². The molecule has 1 rings (SSSR count). The van der Waals surface area contributed by atoms with Gasteiger partial charge < -0.3 is 21.5 Å². The van der Waals surface area contributed by atoms with E-state index in [1.54, 1.807) is 6.92 Å². The maximum atomic E-state index is 11.3. The third-order valence-corrected chi connectivity index (χ3v) is 1.58. The summed E-state index contributed by atoms with van der Waals surface area (Å²) in [7, 11) is 0. The Bertz CT molecular complexity index is 435. The number of ether oxygens (including phenoxy) is 1. The molecule has 0 spiro atoms. The molecular weight excluding hydrogens is 228 g/mol. The Balaban J connectivity index is 2.59. The minimum absolute atomic E-state index is 0.00323. The van der Waals surface area contributed by atoms with Crippen LogP contribution < -0.4 is 22.1 Å². The highest BCUT2D eigenvalue weighted by atomic mass is 16.5. The van der Waals surface area contributed by atoms with Crippen molar-refractivity contribution < 1.29 is 14.3 Å². The molecule has 1 aromatic rings. The normalized spacial score (nSPS) is 9.47. The number of anilines is 3. The largest absolute Gasteiger partial charge is 0.450 e. The van der Waals surface area contributed by atoms with Crippen LogP contribution in [0.25, 0.3) is 0 Å². The maximum Gasteiger partial charge on any atom is 0.415 e. The van der Waals surface area contributed by atoms with Crippen LogP contribution in [-0.2, 0) is 4.74 Å². The van der Waals surface area contributed by atoms with Crippen LogP contribution in [0.5, 0.6) is 0 Å². The Morgan fingerprint density at radius 3 is 2.76 bits per heavy atom. The third kappa shape index (κ3) is 3.81. The molecule has 9 heteroatoms. The van der Waals surface area contributed by atoms with Gasteiger partial charge in [0.25, 0.3) is 0 Å². The van der Waals surface area contributed by atoms with Gasteiger partial charge in [0.1, 0.15) is 5.69 Å². The van der Waals surface area contributed by atoms with Crippen LogP contribution in [0.15, 0.2) is 6.20 Å². The summed E-state index contributed by atoms with van der Waals surface area (Å²) in [6.07, 6.45) is 0.363. The van der Waals surface area contributed by atoms with Gasteiger partial charge in [0.05, 0.1) is 12.8 Å². The summed E-state index contributed by atoms with van der Waals surface area (Å²) >= 11 is 0. The number of nitrogens with one attached hydrogen (secondary N) is 2. The minimum atomic E-state index is -0.861. The predicted octanol–water partition coefficient (Wildman–Crippen LogP) is -0.0810. The van der Waals surface area contributed by atoms with Crippen LogP contribution in [0.1, 0.15) is 6.92 Å². The minimum Gasteiger partial charge on any atom is -0.450 e. The Morgan fingerprint density at radius 2 is 2.18 bits per heavy atom. The first-order valence-corrected chi connectivity index (χ1v) is 4.65. The topological polar surface area (TPSA) is 145 Å². The number of carbonyl (C=O) groups is 2. The highest BCUT2D eigenvalue weighted by Crippen LogP contribution is 2.13. The van der Waals surface area contributed by atoms with E-state index in [0.717, 1.165) is 0 Å². The van der Waals surface area contributed by atoms with Gasteiger partial charge in [-0.1, -0.05) is 0 Å². The first kappa shape index (κ1) is 12.5. The number of nitrogens with two attached hydrogens (primary N) is 2. The van der Waals surface area contributed by atoms with Crippen molar-refractivity contribution in [1.82, 2.24) is 15.3 Å². The summed E-state index contributed by atoms with van der Waals surface area (Å²) in [6.45, 7) is 1.77. The molecule has 1 aromatic heterocycles. The molecule has 1 heterocycles. The molecule has 0 aliphatic rings. The van der Waals surface area contributed by atoms with Gasteiger partial charge in [-0.3, -0.25) is 0 Å². The Morgan fingerprint density at radius 1 is 1.47 bits per heavy atom. The van der Waals surface area contributed by atoms with Gasteiger partial charge in [-0.15, -0.1) is 0 Å². The highest BCUT2D eigenvalue weighted by Gasteiger charge is 2.10. The Labute approximate surface area is 96.5 Å². The first-order valence-electron chi connectivity index (χ1n) is 4.65. The SMILES string of the molecule is CCOC(=O)NC(=O)Nc1cnc(N)nc1N. The fourth-order valence-electron chi connectivity index (χ4n) is 0.919. The van der Waals surface area contributed by atoms with E-state index in [9.17, 15) is 9.59 Å². The number of nitrogens with zero attached hydrogens (tertiary/aromatic N) is 2. The lowest BCUT2D eigenvalue weighted by Crippen LogP contribution is -2.35. The third-order valence-electron chi connectivity index (χ3n) is 1.58. The number of urea groups is 1. The van der Waals surface area contributed by atoms with Crippen molar-refractivity contribution in [3.8, 4) is 0 Å². The summed E-state index contributed by atoms with van der Waals surface area (Å²) in [5.41, 5.74) is 10.9. The monoisotopic (exact) mass is 240 g/mol. The van der Waals surface area contributed by atoms with Crippen molar-refractivity contribution in [2.24, 2.45) is 0 Å². The number of imide groups is 1. The lowest BCUT2D eigenvalue weighted by Gasteiger charge is -2.07. The average molecular weight is 240 g/mol. The van der Waals surface area contributed by atoms with E-state index in [0.29, 0.717) is 0 Å². The fraction of sp³-hybridized carbons (Fsp3) is 0.250. The first-order chi connectivity index (χ1) is 8.02. The van der Waals surface area contributed by atoms with Crippen molar-refractivity contribution in [2.45, 2.75) is 6.92 Å². The zero-order chi connectivity index (χ0) is 12.8. The predicted molar refractivity (Wildman–Crippen MR) is 60.0 cm³/mol. The summed E-state index contributed by atoms with van der Waals surface area (Å²) < 4.78 is 4.51. The molecule has 9 nitrogen and oxygen atoms in total. The molecule has 17 heavy (non-hydrogen) atoms. The summed E-state index contributed by atoms with van der Waals surface area (Å²) in [6, 6.07) is -0.802. The van der Waals surface area contributed by atoms with Crippen LogP contribution in [0.3, 0.4) is 0 Å². The number of aromatic nitrogens is 2. The molecule has 92 valence electrons. The Kier molecular flexibility index (Phi) is 4.03. The molecule has 0 saturated carbocycles. The number of carbonyl (C=O) groups excluding carboxylic acids is 2. The Hall–Kier alpha value is -2.58. The smallest absolute Gasteiger partial charge is 0.415 e. The standard InChI is InChI=1S/C8H12N6O3/c1-2-17-8(16)14-7(15)12-4-3-11-6(10)13-5(4)9/h3H,2H2,1H3,(H4,9,10,11,13)(H2,12,14,15,16). The number of amides is 3. The average Bonchev–Trinajstić information content (AvgIpc) is 2.22. The molecule has 0 aliphatic heterocycles. The molecule has 0 fully saturated rings. The van der Waals surface area contributed by atoms with E-state index < -0.39 is 12.1 Å². The van der Waals surface area contributed by atoms with E-state index in [2.05, 4.69) is 20.0 Å². The van der Waals surface area contributed by atoms with Crippen LogP contribution in [0.2, 0.25) is 0 Å². The molecule has 6 N–H and O–H groups in total. The van der Waals surface area contributed by atoms with Crippen LogP contribution in [-0.4, -0.2) is 28.7 Å². The van der Waals surface area contributed by atoms with Crippen molar-refractivity contribution in [1.29, 1.82) is 0 Å². The zero-order valence-electron chi connectivity index (χ0n) is 9.06. The number of alkyl carbamates (subject to hydrolysis) is 1. The van der Waals surface area contributed by atoms with Gasteiger partial charge in [-0.25, -0.2) is 19.9 Å². The number of hydrogen-bond acceptors (Lipinski definition) is 7. The molecule has 0 bridgehead atoms. The van der Waals surface area contributed by atoms with Gasteiger partial charge >= 0.3 is 12.1 Å². The number of nitrogen functional groups attached to an aromatic ring is 2. The highest BCUT2D eigenvalue weighted by molar-refractivity contribution is 6.00. The van der Waals surface area contributed by atoms with E-state index in [1.165, 1.54) is 6.20 Å². The summed E-state index contributed by atoms with van der Waals surface area (Å²) in [5.74, 6) is -0.0182. The van der Waals surface area contributed by atoms with Crippen molar-refractivity contribution in [3.63, 3.8) is 0 Å². The van der Waals surface area contributed by atoms with Crippen LogP contribution in [0.4, 0.5) is 27.0 Å². The zero-order valence-corrected chi connectivity index (χ0v) is 9.06. The van der Waals surface area contributed by atoms with Crippen LogP contribution >= 0.6 is 0 Å². The summed E-state index contributed by atoms with van der Waals surface area (Å²) in [5, 5.41) is 4.19. The van der Waals surface area contributed by atoms with Gasteiger partial charge in [0.2, 0.25) is 5.95 Å². The second-order valence-electron chi connectivity index (χ2n) is 2.83. The van der Waals surface area contributed by atoms with Crippen LogP contribution in [0, 0.1) is 0 Å². The van der Waals surface area contributed by atoms with Gasteiger partial charge in [-0.05, 0) is 6.92 Å². The van der Waals surface area contributed by atoms with E-state index in [4.69, 9.17) is 11.5 Å². The quantitative estimate of drug-likeness (QED) is 0.565. The lowest BCUT2D eigenvalue weighted by atomic mass is 10.5. The van der Waals surface area contributed by atoms with Gasteiger partial charge in [0, 0.05) is 0 Å². The lowest BCUT2D eigenvalue weighted by molar-refractivity contribution is 0.154. The molecule has 0 atom stereocenters. The van der Waals surface area contributed by atoms with Crippen molar-refractivity contribution in [3.05, 3.63) is 6.20 Å². The van der Waals surface area contributed by atoms with Crippen molar-refractivity contribution >= 4 is 29.6 Å². The van der Waals surface area contributed by atoms with E-state index in [1.807, 2.05) is 5.32 Å². The molecule has 0 unspecified atom stereocenters. The van der Waals surface area contributed by atoms with Gasteiger partial charge in [0.15, 0.2) is 5.82 Å².